The molecule has 1 aromatic carbocycles. The summed E-state index contributed by atoms with van der Waals surface area (Å²) in [7, 11) is 0. The van der Waals surface area contributed by atoms with Gasteiger partial charge in [-0.15, -0.1) is 0 Å². The van der Waals surface area contributed by atoms with Gasteiger partial charge in [-0.05, 0) is 90.4 Å². The molecule has 112 valence electrons. The lowest BCUT2D eigenvalue weighted by molar-refractivity contribution is -0.140. The lowest BCUT2D eigenvalue weighted by Crippen LogP contribution is -2.51. The fourth-order valence-electron chi connectivity index (χ4n) is 5.23. The van der Waals surface area contributed by atoms with Crippen LogP contribution in [0.3, 0.4) is 0 Å². The molecule has 1 amide bonds. The van der Waals surface area contributed by atoms with Crippen LogP contribution in [0.2, 0.25) is 0 Å². The van der Waals surface area contributed by atoms with Crippen LogP contribution >= 0.6 is 31.9 Å². The highest BCUT2D eigenvalue weighted by atomic mass is 79.9. The SMILES string of the molecule is O=C(Nc1ccc(Br)cc1Br)C12CC3CC(CC(C3)C1)C2. The molecule has 0 unspecified atom stereocenters. The molecule has 5 rings (SSSR count). The third-order valence-corrected chi connectivity index (χ3v) is 6.85. The summed E-state index contributed by atoms with van der Waals surface area (Å²) in [4.78, 5) is 13.0. The Bertz CT molecular complexity index is 563. The van der Waals surface area contributed by atoms with Gasteiger partial charge < -0.3 is 5.32 Å². The number of carbonyl (C=O) groups is 1. The highest BCUT2D eigenvalue weighted by molar-refractivity contribution is 9.11. The number of amides is 1. The molecule has 21 heavy (non-hydrogen) atoms. The van der Waals surface area contributed by atoms with Crippen molar-refractivity contribution in [2.75, 3.05) is 5.32 Å². The average Bonchev–Trinajstić information content (AvgIpc) is 2.40. The molecular weight excluding hydrogens is 394 g/mol. The molecule has 4 heteroatoms. The monoisotopic (exact) mass is 411 g/mol. The Balaban J connectivity index is 1.57. The maximum Gasteiger partial charge on any atom is 0.230 e. The van der Waals surface area contributed by atoms with Gasteiger partial charge in [0.1, 0.15) is 0 Å². The van der Waals surface area contributed by atoms with E-state index >= 15 is 0 Å². The molecule has 0 aromatic heterocycles. The van der Waals surface area contributed by atoms with E-state index in [1.54, 1.807) is 0 Å². The second kappa shape index (κ2) is 5.09. The quantitative estimate of drug-likeness (QED) is 0.695. The van der Waals surface area contributed by atoms with E-state index in [0.717, 1.165) is 51.6 Å². The first kappa shape index (κ1) is 14.3. The second-order valence-electron chi connectivity index (χ2n) is 7.28. The van der Waals surface area contributed by atoms with Gasteiger partial charge in [-0.2, -0.15) is 0 Å². The van der Waals surface area contributed by atoms with Crippen LogP contribution in [-0.2, 0) is 4.79 Å². The van der Waals surface area contributed by atoms with Crippen molar-refractivity contribution in [3.63, 3.8) is 0 Å². The molecule has 4 saturated carbocycles. The summed E-state index contributed by atoms with van der Waals surface area (Å²) < 4.78 is 1.96. The molecule has 0 atom stereocenters. The zero-order valence-electron chi connectivity index (χ0n) is 11.9. The zero-order chi connectivity index (χ0) is 14.6. The minimum atomic E-state index is -0.0821. The van der Waals surface area contributed by atoms with Crippen molar-refractivity contribution >= 4 is 43.5 Å². The Kier molecular flexibility index (Phi) is 3.45. The predicted molar refractivity (Wildman–Crippen MR) is 91.1 cm³/mol. The summed E-state index contributed by atoms with van der Waals surface area (Å²) in [6, 6.07) is 5.92. The lowest BCUT2D eigenvalue weighted by atomic mass is 9.49. The van der Waals surface area contributed by atoms with E-state index in [-0.39, 0.29) is 11.3 Å². The Hall–Kier alpha value is -0.350. The number of hydrogen-bond donors (Lipinski definition) is 1. The van der Waals surface area contributed by atoms with Gasteiger partial charge >= 0.3 is 0 Å². The van der Waals surface area contributed by atoms with Crippen LogP contribution in [0.15, 0.2) is 27.1 Å². The van der Waals surface area contributed by atoms with Crippen LogP contribution in [0, 0.1) is 23.2 Å². The predicted octanol–water partition coefficient (Wildman–Crippen LogP) is 5.37. The number of hydrogen-bond acceptors (Lipinski definition) is 1. The molecule has 1 aromatic rings. The van der Waals surface area contributed by atoms with Crippen molar-refractivity contribution in [3.05, 3.63) is 27.1 Å². The first-order chi connectivity index (χ1) is 10.0. The maximum absolute atomic E-state index is 13.0. The third-order valence-electron chi connectivity index (χ3n) is 5.70. The Morgan fingerprint density at radius 1 is 1.05 bits per heavy atom. The molecule has 0 radical (unpaired) electrons. The van der Waals surface area contributed by atoms with Crippen LogP contribution in [0.25, 0.3) is 0 Å². The van der Waals surface area contributed by atoms with Crippen molar-refractivity contribution in [2.24, 2.45) is 23.2 Å². The number of rotatable bonds is 2. The highest BCUT2D eigenvalue weighted by Gasteiger charge is 2.54. The van der Waals surface area contributed by atoms with Crippen LogP contribution < -0.4 is 5.32 Å². The first-order valence-electron chi connectivity index (χ1n) is 7.81. The topological polar surface area (TPSA) is 29.1 Å². The first-order valence-corrected chi connectivity index (χ1v) is 9.39. The Morgan fingerprint density at radius 3 is 2.14 bits per heavy atom. The highest BCUT2D eigenvalue weighted by Crippen LogP contribution is 2.60. The molecule has 0 saturated heterocycles. The smallest absolute Gasteiger partial charge is 0.230 e. The standard InChI is InChI=1S/C17H19Br2NO/c18-13-1-2-15(14(19)6-13)20-16(21)17-7-10-3-11(8-17)5-12(4-10)9-17/h1-2,6,10-12H,3-5,7-9H2,(H,20,21). The van der Waals surface area contributed by atoms with E-state index in [1.165, 1.54) is 19.3 Å². The molecule has 0 spiro atoms. The number of halogens is 2. The number of anilines is 1. The van der Waals surface area contributed by atoms with Gasteiger partial charge in [0.05, 0.1) is 11.1 Å². The van der Waals surface area contributed by atoms with Gasteiger partial charge in [-0.25, -0.2) is 0 Å². The normalized spacial score (nSPS) is 36.8. The fourth-order valence-corrected chi connectivity index (χ4v) is 6.38. The number of nitrogens with one attached hydrogen (secondary N) is 1. The zero-order valence-corrected chi connectivity index (χ0v) is 15.0. The summed E-state index contributed by atoms with van der Waals surface area (Å²) >= 11 is 6.99. The fraction of sp³-hybridized carbons (Fsp3) is 0.588. The van der Waals surface area contributed by atoms with Crippen LogP contribution in [0.1, 0.15) is 38.5 Å². The van der Waals surface area contributed by atoms with Gasteiger partial charge in [0, 0.05) is 8.95 Å². The Labute approximate surface area is 142 Å². The second-order valence-corrected chi connectivity index (χ2v) is 9.05. The van der Waals surface area contributed by atoms with Crippen LogP contribution in [0.4, 0.5) is 5.69 Å². The van der Waals surface area contributed by atoms with Crippen LogP contribution in [-0.4, -0.2) is 5.91 Å². The summed E-state index contributed by atoms with van der Waals surface area (Å²) in [6.07, 6.45) is 7.44. The molecule has 0 heterocycles. The summed E-state index contributed by atoms with van der Waals surface area (Å²) in [5, 5.41) is 3.19. The van der Waals surface area contributed by atoms with Crippen molar-refractivity contribution in [1.29, 1.82) is 0 Å². The van der Waals surface area contributed by atoms with Crippen molar-refractivity contribution in [3.8, 4) is 0 Å². The number of benzene rings is 1. The van der Waals surface area contributed by atoms with Crippen molar-refractivity contribution in [2.45, 2.75) is 38.5 Å². The van der Waals surface area contributed by atoms with Gasteiger partial charge in [0.15, 0.2) is 0 Å². The molecule has 0 aliphatic heterocycles. The van der Waals surface area contributed by atoms with Gasteiger partial charge in [-0.3, -0.25) is 4.79 Å². The van der Waals surface area contributed by atoms with E-state index in [1.807, 2.05) is 18.2 Å². The van der Waals surface area contributed by atoms with Crippen molar-refractivity contribution < 1.29 is 4.79 Å². The van der Waals surface area contributed by atoms with E-state index in [4.69, 9.17) is 0 Å². The molecule has 4 aliphatic carbocycles. The Morgan fingerprint density at radius 2 is 1.62 bits per heavy atom. The average molecular weight is 413 g/mol. The van der Waals surface area contributed by atoms with E-state index in [9.17, 15) is 4.79 Å². The van der Waals surface area contributed by atoms with E-state index in [2.05, 4.69) is 37.2 Å². The minimum absolute atomic E-state index is 0.0821. The molecule has 1 N–H and O–H groups in total. The van der Waals surface area contributed by atoms with Gasteiger partial charge in [0.25, 0.3) is 0 Å². The molecule has 4 aliphatic rings. The molecular formula is C17H19Br2NO. The molecule has 4 bridgehead atoms. The largest absolute Gasteiger partial charge is 0.325 e. The number of carbonyl (C=O) groups excluding carboxylic acids is 1. The lowest BCUT2D eigenvalue weighted by Gasteiger charge is -2.55. The van der Waals surface area contributed by atoms with E-state index < -0.39 is 0 Å². The molecule has 4 fully saturated rings. The summed E-state index contributed by atoms with van der Waals surface area (Å²) in [5.74, 6) is 2.66. The van der Waals surface area contributed by atoms with Gasteiger partial charge in [-0.1, -0.05) is 15.9 Å². The molecule has 2 nitrogen and oxygen atoms in total. The summed E-state index contributed by atoms with van der Waals surface area (Å²) in [6.45, 7) is 0. The summed E-state index contributed by atoms with van der Waals surface area (Å²) in [5.41, 5.74) is 0.806. The maximum atomic E-state index is 13.0. The van der Waals surface area contributed by atoms with Gasteiger partial charge in [0.2, 0.25) is 5.91 Å². The van der Waals surface area contributed by atoms with Crippen molar-refractivity contribution in [1.82, 2.24) is 0 Å². The minimum Gasteiger partial charge on any atom is -0.325 e. The van der Waals surface area contributed by atoms with E-state index in [0.29, 0.717) is 0 Å². The third kappa shape index (κ3) is 2.48. The van der Waals surface area contributed by atoms with Crippen LogP contribution in [0.5, 0.6) is 0 Å².